The maximum Gasteiger partial charge on any atom is 0.192 e. The van der Waals surface area contributed by atoms with Gasteiger partial charge in [0, 0.05) is 5.92 Å². The average molecular weight is 335 g/mol. The number of hydrogen-bond donors (Lipinski definition) is 1. The molecule has 2 bridgehead atoms. The number of rotatable bonds is 4. The van der Waals surface area contributed by atoms with Crippen LogP contribution in [-0.2, 0) is 21.6 Å². The minimum absolute atomic E-state index is 0.0950. The van der Waals surface area contributed by atoms with Crippen molar-refractivity contribution in [2.24, 2.45) is 0 Å². The van der Waals surface area contributed by atoms with Gasteiger partial charge in [-0.3, -0.25) is 0 Å². The van der Waals surface area contributed by atoms with Crippen molar-refractivity contribution in [3.05, 3.63) is 21.9 Å². The van der Waals surface area contributed by atoms with Gasteiger partial charge in [0.1, 0.15) is 15.7 Å². The first-order valence-corrected chi connectivity index (χ1v) is 8.75. The lowest BCUT2D eigenvalue weighted by Gasteiger charge is -2.34. The summed E-state index contributed by atoms with van der Waals surface area (Å²) in [6.07, 6.45) is 4.98. The Labute approximate surface area is 136 Å². The molecule has 4 heterocycles. The Bertz CT molecular complexity index is 730. The SMILES string of the molecule is OC1(c2cn(Cc3nnc(C4CC4)s3)nn2)CC[C@H]2CO[C@@H]1O2. The Morgan fingerprint density at radius 1 is 1.30 bits per heavy atom. The fourth-order valence-electron chi connectivity index (χ4n) is 3.14. The fourth-order valence-corrected chi connectivity index (χ4v) is 4.14. The van der Waals surface area contributed by atoms with Crippen LogP contribution in [0.5, 0.6) is 0 Å². The van der Waals surface area contributed by atoms with Crippen molar-refractivity contribution in [3.63, 3.8) is 0 Å². The molecular weight excluding hydrogens is 318 g/mol. The summed E-state index contributed by atoms with van der Waals surface area (Å²) in [7, 11) is 0. The number of aliphatic hydroxyl groups is 1. The van der Waals surface area contributed by atoms with E-state index in [1.54, 1.807) is 22.2 Å². The first-order chi connectivity index (χ1) is 11.2. The van der Waals surface area contributed by atoms with Gasteiger partial charge in [0.05, 0.1) is 25.5 Å². The highest BCUT2D eigenvalue weighted by Crippen LogP contribution is 2.42. The fraction of sp³-hybridized carbons (Fsp3) is 0.714. The summed E-state index contributed by atoms with van der Waals surface area (Å²) in [4.78, 5) is 0. The first kappa shape index (κ1) is 14.0. The molecule has 0 amide bonds. The van der Waals surface area contributed by atoms with Crippen LogP contribution in [0.4, 0.5) is 0 Å². The van der Waals surface area contributed by atoms with Gasteiger partial charge in [0.25, 0.3) is 0 Å². The van der Waals surface area contributed by atoms with Gasteiger partial charge in [-0.15, -0.1) is 15.3 Å². The molecule has 2 saturated heterocycles. The van der Waals surface area contributed by atoms with Gasteiger partial charge in [0.2, 0.25) is 0 Å². The summed E-state index contributed by atoms with van der Waals surface area (Å²) in [6, 6.07) is 0. The Hall–Kier alpha value is -1.42. The van der Waals surface area contributed by atoms with E-state index in [-0.39, 0.29) is 6.10 Å². The van der Waals surface area contributed by atoms with E-state index in [0.29, 0.717) is 31.2 Å². The molecule has 2 aliphatic heterocycles. The second-order valence-corrected chi connectivity index (χ2v) is 7.59. The number of ether oxygens (including phenoxy) is 2. The molecule has 1 N–H and O–H groups in total. The lowest BCUT2D eigenvalue weighted by Crippen LogP contribution is -2.44. The summed E-state index contributed by atoms with van der Waals surface area (Å²) in [5, 5.41) is 29.6. The van der Waals surface area contributed by atoms with Gasteiger partial charge in [-0.1, -0.05) is 16.6 Å². The van der Waals surface area contributed by atoms with E-state index < -0.39 is 11.9 Å². The minimum atomic E-state index is -1.22. The number of nitrogens with zero attached hydrogens (tertiary/aromatic N) is 5. The normalized spacial score (nSPS) is 33.3. The predicted octanol–water partition coefficient (Wildman–Crippen LogP) is 0.778. The van der Waals surface area contributed by atoms with Gasteiger partial charge in [-0.2, -0.15) is 0 Å². The van der Waals surface area contributed by atoms with Crippen molar-refractivity contribution in [3.8, 4) is 0 Å². The zero-order valence-corrected chi connectivity index (χ0v) is 13.3. The summed E-state index contributed by atoms with van der Waals surface area (Å²) >= 11 is 1.63. The molecule has 3 atom stereocenters. The van der Waals surface area contributed by atoms with Gasteiger partial charge in [0.15, 0.2) is 11.9 Å². The van der Waals surface area contributed by atoms with Crippen molar-refractivity contribution in [1.29, 1.82) is 0 Å². The highest BCUT2D eigenvalue weighted by molar-refractivity contribution is 7.11. The predicted molar refractivity (Wildman–Crippen MR) is 78.8 cm³/mol. The van der Waals surface area contributed by atoms with Gasteiger partial charge < -0.3 is 14.6 Å². The molecule has 1 saturated carbocycles. The van der Waals surface area contributed by atoms with Crippen molar-refractivity contribution in [2.45, 2.75) is 56.1 Å². The third kappa shape index (κ3) is 2.38. The van der Waals surface area contributed by atoms with Crippen molar-refractivity contribution < 1.29 is 14.6 Å². The summed E-state index contributed by atoms with van der Waals surface area (Å²) < 4.78 is 12.9. The highest BCUT2D eigenvalue weighted by atomic mass is 32.1. The van der Waals surface area contributed by atoms with E-state index in [2.05, 4.69) is 20.5 Å². The molecule has 8 nitrogen and oxygen atoms in total. The second-order valence-electron chi connectivity index (χ2n) is 6.50. The quantitative estimate of drug-likeness (QED) is 0.882. The van der Waals surface area contributed by atoms with E-state index in [9.17, 15) is 5.11 Å². The smallest absolute Gasteiger partial charge is 0.192 e. The molecule has 1 unspecified atom stereocenters. The molecular formula is C14H17N5O3S. The largest absolute Gasteiger partial charge is 0.378 e. The van der Waals surface area contributed by atoms with Gasteiger partial charge in [-0.05, 0) is 25.7 Å². The molecule has 23 heavy (non-hydrogen) atoms. The Kier molecular flexibility index (Phi) is 3.06. The second kappa shape index (κ2) is 5.04. The van der Waals surface area contributed by atoms with E-state index in [4.69, 9.17) is 9.47 Å². The monoisotopic (exact) mass is 335 g/mol. The maximum atomic E-state index is 10.9. The molecule has 3 fully saturated rings. The van der Waals surface area contributed by atoms with E-state index >= 15 is 0 Å². The molecule has 0 radical (unpaired) electrons. The Morgan fingerprint density at radius 3 is 3.09 bits per heavy atom. The van der Waals surface area contributed by atoms with Crippen LogP contribution in [0.1, 0.15) is 47.3 Å². The number of aromatic nitrogens is 5. The van der Waals surface area contributed by atoms with Gasteiger partial charge >= 0.3 is 0 Å². The number of hydrogen-bond acceptors (Lipinski definition) is 8. The van der Waals surface area contributed by atoms with E-state index in [0.717, 1.165) is 16.4 Å². The lowest BCUT2D eigenvalue weighted by atomic mass is 9.90. The Morgan fingerprint density at radius 2 is 2.22 bits per heavy atom. The van der Waals surface area contributed by atoms with Crippen LogP contribution in [0.2, 0.25) is 0 Å². The summed E-state index contributed by atoms with van der Waals surface area (Å²) in [6.45, 7) is 1.05. The van der Waals surface area contributed by atoms with E-state index in [1.807, 2.05) is 0 Å². The van der Waals surface area contributed by atoms with Crippen LogP contribution in [0, 0.1) is 0 Å². The topological polar surface area (TPSA) is 95.2 Å². The lowest BCUT2D eigenvalue weighted by molar-refractivity contribution is -0.219. The van der Waals surface area contributed by atoms with Crippen molar-refractivity contribution in [2.75, 3.05) is 6.61 Å². The van der Waals surface area contributed by atoms with Crippen LogP contribution in [0.25, 0.3) is 0 Å². The van der Waals surface area contributed by atoms with E-state index in [1.165, 1.54) is 12.8 Å². The molecule has 2 aromatic heterocycles. The maximum absolute atomic E-state index is 10.9. The average Bonchev–Trinajstić information content (AvgIpc) is 2.99. The zero-order chi connectivity index (χ0) is 15.4. The van der Waals surface area contributed by atoms with Crippen LogP contribution in [0.3, 0.4) is 0 Å². The molecule has 0 aromatic carbocycles. The highest BCUT2D eigenvalue weighted by Gasteiger charge is 2.51. The molecule has 0 spiro atoms. The van der Waals surface area contributed by atoms with Crippen molar-refractivity contribution in [1.82, 2.24) is 25.2 Å². The molecule has 5 rings (SSSR count). The van der Waals surface area contributed by atoms with Crippen LogP contribution in [-0.4, -0.2) is 49.3 Å². The van der Waals surface area contributed by atoms with Crippen LogP contribution in [0.15, 0.2) is 6.20 Å². The first-order valence-electron chi connectivity index (χ1n) is 7.93. The molecule has 9 heteroatoms. The standard InChI is InChI=1S/C14H17N5O3S/c20-14(4-3-9-7-21-13(14)22-9)10-5-19(18-15-10)6-11-16-17-12(23-11)8-1-2-8/h5,8-9,13,20H,1-4,6-7H2/t9-,13+,14?/m0/s1. The molecule has 1 aliphatic carbocycles. The molecule has 2 aromatic rings. The van der Waals surface area contributed by atoms with Crippen molar-refractivity contribution >= 4 is 11.3 Å². The zero-order valence-electron chi connectivity index (χ0n) is 12.5. The minimum Gasteiger partial charge on any atom is -0.378 e. The molecule has 122 valence electrons. The molecule has 3 aliphatic rings. The third-order valence-electron chi connectivity index (χ3n) is 4.68. The van der Waals surface area contributed by atoms with Crippen LogP contribution < -0.4 is 0 Å². The summed E-state index contributed by atoms with van der Waals surface area (Å²) in [5.74, 6) is 0.611. The van der Waals surface area contributed by atoms with Gasteiger partial charge in [-0.25, -0.2) is 4.68 Å². The third-order valence-corrected chi connectivity index (χ3v) is 5.75. The Balaban J connectivity index is 1.35. The summed E-state index contributed by atoms with van der Waals surface area (Å²) in [5.41, 5.74) is -0.722. The number of fused-ring (bicyclic) bond motifs is 2. The van der Waals surface area contributed by atoms with Crippen LogP contribution >= 0.6 is 11.3 Å².